The van der Waals surface area contributed by atoms with Crippen LogP contribution in [0.15, 0.2) is 4.99 Å². The van der Waals surface area contributed by atoms with Crippen molar-refractivity contribution in [2.24, 2.45) is 10.9 Å². The summed E-state index contributed by atoms with van der Waals surface area (Å²) in [6.07, 6.45) is 2.58. The summed E-state index contributed by atoms with van der Waals surface area (Å²) in [6, 6.07) is 0.575. The van der Waals surface area contributed by atoms with Crippen molar-refractivity contribution in [1.82, 2.24) is 15.5 Å². The van der Waals surface area contributed by atoms with Crippen LogP contribution in [0.1, 0.15) is 26.7 Å². The van der Waals surface area contributed by atoms with Gasteiger partial charge < -0.3 is 15.4 Å². The summed E-state index contributed by atoms with van der Waals surface area (Å²) in [5.41, 5.74) is 0. The molecule has 0 aromatic carbocycles. The van der Waals surface area contributed by atoms with Gasteiger partial charge in [-0.3, -0.25) is 9.89 Å². The minimum Gasteiger partial charge on any atom is -0.379 e. The Kier molecular flexibility index (Phi) is 8.41. The molecule has 2 atom stereocenters. The molecule has 2 fully saturated rings. The molecule has 0 aliphatic carbocycles. The van der Waals surface area contributed by atoms with Crippen LogP contribution in [0.2, 0.25) is 0 Å². The van der Waals surface area contributed by atoms with Crippen molar-refractivity contribution in [2.45, 2.75) is 32.7 Å². The van der Waals surface area contributed by atoms with E-state index >= 15 is 0 Å². The topological polar surface area (TPSA) is 48.9 Å². The van der Waals surface area contributed by atoms with Gasteiger partial charge in [-0.1, -0.05) is 6.92 Å². The Labute approximate surface area is 139 Å². The van der Waals surface area contributed by atoms with Gasteiger partial charge in [0.25, 0.3) is 0 Å². The van der Waals surface area contributed by atoms with Crippen molar-refractivity contribution < 1.29 is 4.74 Å². The summed E-state index contributed by atoms with van der Waals surface area (Å²) in [6.45, 7) is 11.2. The first kappa shape index (κ1) is 17.9. The number of thioether (sulfide) groups is 1. The SMILES string of the molecule is CCNC(=NCC(C)CN1CCOCC1)NC1CCCSC1. The monoisotopic (exact) mass is 328 g/mol. The zero-order chi connectivity index (χ0) is 15.6. The molecular formula is C16H32N4OS. The van der Waals surface area contributed by atoms with Crippen LogP contribution in [0.5, 0.6) is 0 Å². The lowest BCUT2D eigenvalue weighted by molar-refractivity contribution is 0.0323. The smallest absolute Gasteiger partial charge is 0.191 e. The molecule has 22 heavy (non-hydrogen) atoms. The van der Waals surface area contributed by atoms with Crippen molar-refractivity contribution in [1.29, 1.82) is 0 Å². The van der Waals surface area contributed by atoms with Crippen LogP contribution >= 0.6 is 11.8 Å². The number of nitrogens with zero attached hydrogens (tertiary/aromatic N) is 2. The van der Waals surface area contributed by atoms with Gasteiger partial charge in [-0.25, -0.2) is 0 Å². The molecule has 5 nitrogen and oxygen atoms in total. The molecule has 0 aromatic rings. The second kappa shape index (κ2) is 10.3. The average Bonchev–Trinajstić information content (AvgIpc) is 2.55. The Bertz CT molecular complexity index is 328. The van der Waals surface area contributed by atoms with Gasteiger partial charge >= 0.3 is 0 Å². The zero-order valence-corrected chi connectivity index (χ0v) is 15.0. The van der Waals surface area contributed by atoms with Gasteiger partial charge in [0.05, 0.1) is 13.2 Å². The van der Waals surface area contributed by atoms with Crippen molar-refractivity contribution in [3.05, 3.63) is 0 Å². The molecule has 2 aliphatic rings. The number of hydrogen-bond donors (Lipinski definition) is 2. The highest BCUT2D eigenvalue weighted by Gasteiger charge is 2.16. The van der Waals surface area contributed by atoms with Crippen LogP contribution in [-0.4, -0.2) is 74.3 Å². The van der Waals surface area contributed by atoms with E-state index in [1.807, 2.05) is 11.8 Å². The Morgan fingerprint density at radius 2 is 2.23 bits per heavy atom. The lowest BCUT2D eigenvalue weighted by Crippen LogP contribution is -2.46. The number of nitrogens with one attached hydrogen (secondary N) is 2. The first-order chi connectivity index (χ1) is 10.8. The first-order valence-corrected chi connectivity index (χ1v) is 9.86. The molecule has 6 heteroatoms. The van der Waals surface area contributed by atoms with Gasteiger partial charge in [0.2, 0.25) is 0 Å². The standard InChI is InChI=1S/C16H32N4OS/c1-3-17-16(19-15-5-4-10-22-13-15)18-11-14(2)12-20-6-8-21-9-7-20/h14-15H,3-13H2,1-2H3,(H2,17,18,19). The zero-order valence-electron chi connectivity index (χ0n) is 14.1. The maximum absolute atomic E-state index is 5.40. The molecule has 2 heterocycles. The van der Waals surface area contributed by atoms with Crippen LogP contribution in [-0.2, 0) is 4.74 Å². The minimum absolute atomic E-state index is 0.575. The predicted octanol–water partition coefficient (Wildman–Crippen LogP) is 1.41. The number of morpholine rings is 1. The largest absolute Gasteiger partial charge is 0.379 e. The van der Waals surface area contributed by atoms with Crippen LogP contribution in [0.3, 0.4) is 0 Å². The van der Waals surface area contributed by atoms with E-state index in [2.05, 4.69) is 29.4 Å². The van der Waals surface area contributed by atoms with E-state index in [0.717, 1.165) is 51.9 Å². The molecule has 128 valence electrons. The molecule has 2 saturated heterocycles. The van der Waals surface area contributed by atoms with E-state index < -0.39 is 0 Å². The van der Waals surface area contributed by atoms with Crippen molar-refractivity contribution in [2.75, 3.05) is 57.4 Å². The molecular weight excluding hydrogens is 296 g/mol. The average molecular weight is 329 g/mol. The van der Waals surface area contributed by atoms with E-state index in [1.165, 1.54) is 24.3 Å². The summed E-state index contributed by atoms with van der Waals surface area (Å²) < 4.78 is 5.40. The summed E-state index contributed by atoms with van der Waals surface area (Å²) in [4.78, 5) is 7.29. The van der Waals surface area contributed by atoms with Crippen LogP contribution in [0.25, 0.3) is 0 Å². The number of guanidine groups is 1. The van der Waals surface area contributed by atoms with E-state index in [9.17, 15) is 0 Å². The van der Waals surface area contributed by atoms with Crippen molar-refractivity contribution in [3.8, 4) is 0 Å². The third kappa shape index (κ3) is 6.75. The van der Waals surface area contributed by atoms with Gasteiger partial charge in [0.15, 0.2) is 5.96 Å². The normalized spacial score (nSPS) is 25.7. The quantitative estimate of drug-likeness (QED) is 0.570. The van der Waals surface area contributed by atoms with E-state index in [4.69, 9.17) is 9.73 Å². The van der Waals surface area contributed by atoms with Crippen LogP contribution in [0, 0.1) is 5.92 Å². The van der Waals surface area contributed by atoms with E-state index in [0.29, 0.717) is 12.0 Å². The molecule has 0 amide bonds. The lowest BCUT2D eigenvalue weighted by Gasteiger charge is -2.29. The second-order valence-electron chi connectivity index (χ2n) is 6.30. The summed E-state index contributed by atoms with van der Waals surface area (Å²) in [5, 5.41) is 6.99. The summed E-state index contributed by atoms with van der Waals surface area (Å²) in [5.74, 6) is 4.08. The molecule has 0 radical (unpaired) electrons. The van der Waals surface area contributed by atoms with Crippen molar-refractivity contribution >= 4 is 17.7 Å². The summed E-state index contributed by atoms with van der Waals surface area (Å²) in [7, 11) is 0. The molecule has 2 N–H and O–H groups in total. The Morgan fingerprint density at radius 3 is 2.91 bits per heavy atom. The van der Waals surface area contributed by atoms with Gasteiger partial charge in [-0.05, 0) is 31.4 Å². The molecule has 2 aliphatic heterocycles. The molecule has 0 spiro atoms. The van der Waals surface area contributed by atoms with Gasteiger partial charge in [0.1, 0.15) is 0 Å². The predicted molar refractivity (Wildman–Crippen MR) is 95.9 cm³/mol. The molecule has 0 bridgehead atoms. The molecule has 2 unspecified atom stereocenters. The highest BCUT2D eigenvalue weighted by Crippen LogP contribution is 2.16. The van der Waals surface area contributed by atoms with Gasteiger partial charge in [-0.2, -0.15) is 11.8 Å². The number of aliphatic imine (C=N–C) groups is 1. The number of ether oxygens (including phenoxy) is 1. The Morgan fingerprint density at radius 1 is 1.41 bits per heavy atom. The van der Waals surface area contributed by atoms with Crippen LogP contribution < -0.4 is 10.6 Å². The van der Waals surface area contributed by atoms with E-state index in [-0.39, 0.29) is 0 Å². The fourth-order valence-corrected chi connectivity index (χ4v) is 3.97. The highest BCUT2D eigenvalue weighted by atomic mass is 32.2. The fourth-order valence-electron chi connectivity index (χ4n) is 2.90. The molecule has 0 saturated carbocycles. The van der Waals surface area contributed by atoms with Gasteiger partial charge in [0, 0.05) is 44.5 Å². The fraction of sp³-hybridized carbons (Fsp3) is 0.938. The molecule has 0 aromatic heterocycles. The second-order valence-corrected chi connectivity index (χ2v) is 7.45. The maximum Gasteiger partial charge on any atom is 0.191 e. The highest BCUT2D eigenvalue weighted by molar-refractivity contribution is 7.99. The van der Waals surface area contributed by atoms with E-state index in [1.54, 1.807) is 0 Å². The van der Waals surface area contributed by atoms with Gasteiger partial charge in [-0.15, -0.1) is 0 Å². The minimum atomic E-state index is 0.575. The lowest BCUT2D eigenvalue weighted by atomic mass is 10.1. The summed E-state index contributed by atoms with van der Waals surface area (Å²) >= 11 is 2.05. The van der Waals surface area contributed by atoms with Crippen molar-refractivity contribution in [3.63, 3.8) is 0 Å². The number of rotatable bonds is 6. The first-order valence-electron chi connectivity index (χ1n) is 8.70. The third-order valence-corrected chi connectivity index (χ3v) is 5.30. The van der Waals surface area contributed by atoms with Crippen LogP contribution in [0.4, 0.5) is 0 Å². The number of hydrogen-bond acceptors (Lipinski definition) is 4. The maximum atomic E-state index is 5.40. The Hall–Kier alpha value is -0.460. The Balaban J connectivity index is 1.75. The third-order valence-electron chi connectivity index (χ3n) is 4.08. The molecule has 2 rings (SSSR count).